The van der Waals surface area contributed by atoms with E-state index in [0.717, 1.165) is 12.3 Å². The summed E-state index contributed by atoms with van der Waals surface area (Å²) >= 11 is 11.5. The number of hydrogen-bond donors (Lipinski definition) is 2. The van der Waals surface area contributed by atoms with Gasteiger partial charge in [-0.05, 0) is 30.3 Å². The molecule has 0 bridgehead atoms. The predicted molar refractivity (Wildman–Crippen MR) is 86.3 cm³/mol. The van der Waals surface area contributed by atoms with E-state index < -0.39 is 22.3 Å². The van der Waals surface area contributed by atoms with Gasteiger partial charge in [-0.1, -0.05) is 23.2 Å². The Labute approximate surface area is 140 Å². The van der Waals surface area contributed by atoms with Crippen LogP contribution in [0.3, 0.4) is 0 Å². The van der Waals surface area contributed by atoms with Gasteiger partial charge in [0.1, 0.15) is 0 Å². The van der Waals surface area contributed by atoms with Gasteiger partial charge in [0.2, 0.25) is 5.75 Å². The molecule has 0 atom stereocenters. The van der Waals surface area contributed by atoms with Crippen molar-refractivity contribution in [3.8, 4) is 5.75 Å². The third kappa shape index (κ3) is 4.18. The fourth-order valence-corrected chi connectivity index (χ4v) is 2.02. The number of phenols is 1. The average molecular weight is 354 g/mol. The van der Waals surface area contributed by atoms with Gasteiger partial charge in [0.15, 0.2) is 0 Å². The Kier molecular flexibility index (Phi) is 5.15. The fraction of sp³-hybridized carbons (Fsp3) is 0. The molecule has 0 aliphatic rings. The summed E-state index contributed by atoms with van der Waals surface area (Å²) in [6, 6.07) is 8.41. The monoisotopic (exact) mass is 353 g/mol. The lowest BCUT2D eigenvalue weighted by molar-refractivity contribution is -0.385. The van der Waals surface area contributed by atoms with Crippen molar-refractivity contribution in [3.05, 3.63) is 67.7 Å². The molecular formula is C14H9Cl2N3O4. The Balaban J connectivity index is 2.16. The van der Waals surface area contributed by atoms with Crippen LogP contribution in [0.5, 0.6) is 5.75 Å². The normalized spacial score (nSPS) is 10.7. The van der Waals surface area contributed by atoms with Crippen LogP contribution in [-0.2, 0) is 0 Å². The lowest BCUT2D eigenvalue weighted by atomic mass is 10.2. The topological polar surface area (TPSA) is 105 Å². The van der Waals surface area contributed by atoms with Crippen LogP contribution < -0.4 is 5.43 Å². The Hall–Kier alpha value is -2.64. The zero-order chi connectivity index (χ0) is 17.0. The molecule has 0 heterocycles. The first kappa shape index (κ1) is 16.7. The van der Waals surface area contributed by atoms with Gasteiger partial charge in [-0.3, -0.25) is 14.9 Å². The SMILES string of the molecule is O=C(N/N=C/c1cc(Cl)cc([N+](=O)[O-])c1O)c1ccc(Cl)cc1. The Morgan fingerprint density at radius 1 is 1.22 bits per heavy atom. The van der Waals surface area contributed by atoms with Crippen LogP contribution in [0.1, 0.15) is 15.9 Å². The number of nitro benzene ring substituents is 1. The Morgan fingerprint density at radius 3 is 2.48 bits per heavy atom. The summed E-state index contributed by atoms with van der Waals surface area (Å²) in [4.78, 5) is 21.8. The highest BCUT2D eigenvalue weighted by Crippen LogP contribution is 2.32. The number of nitrogens with one attached hydrogen (secondary N) is 1. The molecule has 7 nitrogen and oxygen atoms in total. The first-order valence-corrected chi connectivity index (χ1v) is 6.90. The van der Waals surface area contributed by atoms with Gasteiger partial charge in [0, 0.05) is 27.2 Å². The molecule has 0 saturated carbocycles. The number of phenolic OH excluding ortho intramolecular Hbond substituents is 1. The molecule has 9 heteroatoms. The van der Waals surface area contributed by atoms with Crippen molar-refractivity contribution in [2.45, 2.75) is 0 Å². The molecule has 118 valence electrons. The molecule has 23 heavy (non-hydrogen) atoms. The van der Waals surface area contributed by atoms with Crippen LogP contribution in [-0.4, -0.2) is 22.2 Å². The smallest absolute Gasteiger partial charge is 0.312 e. The van der Waals surface area contributed by atoms with Crippen molar-refractivity contribution in [2.24, 2.45) is 5.10 Å². The van der Waals surface area contributed by atoms with Crippen LogP contribution in [0.2, 0.25) is 10.0 Å². The number of hydrogen-bond acceptors (Lipinski definition) is 5. The summed E-state index contributed by atoms with van der Waals surface area (Å²) in [6.45, 7) is 0. The lowest BCUT2D eigenvalue weighted by Crippen LogP contribution is -2.17. The number of carbonyl (C=O) groups is 1. The number of carbonyl (C=O) groups excluding carboxylic acids is 1. The minimum absolute atomic E-state index is 0.000561. The van der Waals surface area contributed by atoms with Gasteiger partial charge in [0.05, 0.1) is 11.1 Å². The number of amides is 1. The standard InChI is InChI=1S/C14H9Cl2N3O4/c15-10-3-1-8(2-4-10)14(21)18-17-7-9-5-11(16)6-12(13(9)20)19(22)23/h1-7,20H,(H,18,21)/b17-7+. The summed E-state index contributed by atoms with van der Waals surface area (Å²) in [5, 5.41) is 24.7. The van der Waals surface area contributed by atoms with E-state index in [2.05, 4.69) is 10.5 Å². The van der Waals surface area contributed by atoms with Crippen molar-refractivity contribution in [1.29, 1.82) is 0 Å². The van der Waals surface area contributed by atoms with E-state index in [1.54, 1.807) is 12.1 Å². The second-order valence-electron chi connectivity index (χ2n) is 4.33. The van der Waals surface area contributed by atoms with Crippen LogP contribution in [0.4, 0.5) is 5.69 Å². The van der Waals surface area contributed by atoms with Crippen molar-refractivity contribution in [3.63, 3.8) is 0 Å². The summed E-state index contributed by atoms with van der Waals surface area (Å²) in [6.07, 6.45) is 1.06. The van der Waals surface area contributed by atoms with Crippen LogP contribution in [0.15, 0.2) is 41.5 Å². The first-order valence-electron chi connectivity index (χ1n) is 6.14. The van der Waals surface area contributed by atoms with Gasteiger partial charge in [-0.2, -0.15) is 5.10 Å². The van der Waals surface area contributed by atoms with Crippen molar-refractivity contribution >= 4 is 41.0 Å². The fourth-order valence-electron chi connectivity index (χ4n) is 1.67. The molecule has 2 rings (SSSR count). The molecule has 0 aliphatic heterocycles. The second-order valence-corrected chi connectivity index (χ2v) is 5.20. The summed E-state index contributed by atoms with van der Waals surface area (Å²) in [5.41, 5.74) is 2.00. The number of nitro groups is 1. The average Bonchev–Trinajstić information content (AvgIpc) is 2.50. The molecule has 0 aliphatic carbocycles. The number of halogens is 2. The number of hydrazone groups is 1. The molecule has 0 radical (unpaired) electrons. The van der Waals surface area contributed by atoms with E-state index in [1.807, 2.05) is 0 Å². The highest BCUT2D eigenvalue weighted by Gasteiger charge is 2.17. The maximum absolute atomic E-state index is 11.8. The zero-order valence-electron chi connectivity index (χ0n) is 11.4. The van der Waals surface area contributed by atoms with Gasteiger partial charge in [-0.25, -0.2) is 5.43 Å². The molecule has 2 aromatic rings. The molecule has 0 saturated heterocycles. The molecule has 0 unspecified atom stereocenters. The first-order chi connectivity index (χ1) is 10.9. The minimum atomic E-state index is -0.773. The van der Waals surface area contributed by atoms with E-state index in [4.69, 9.17) is 23.2 Å². The largest absolute Gasteiger partial charge is 0.502 e. The van der Waals surface area contributed by atoms with E-state index in [9.17, 15) is 20.0 Å². The number of nitrogens with zero attached hydrogens (tertiary/aromatic N) is 2. The predicted octanol–water partition coefficient (Wildman–Crippen LogP) is 3.37. The van der Waals surface area contributed by atoms with Gasteiger partial charge >= 0.3 is 5.69 Å². The molecular weight excluding hydrogens is 345 g/mol. The van der Waals surface area contributed by atoms with Crippen LogP contribution in [0.25, 0.3) is 0 Å². The third-order valence-corrected chi connectivity index (χ3v) is 3.23. The second kappa shape index (κ2) is 7.08. The minimum Gasteiger partial charge on any atom is -0.502 e. The number of benzene rings is 2. The Bertz CT molecular complexity index is 791. The molecule has 1 amide bonds. The maximum atomic E-state index is 11.8. The van der Waals surface area contributed by atoms with Crippen molar-refractivity contribution < 1.29 is 14.8 Å². The quantitative estimate of drug-likeness (QED) is 0.499. The van der Waals surface area contributed by atoms with Crippen LogP contribution >= 0.6 is 23.2 Å². The van der Waals surface area contributed by atoms with E-state index in [0.29, 0.717) is 10.6 Å². The van der Waals surface area contributed by atoms with E-state index >= 15 is 0 Å². The molecule has 2 aromatic carbocycles. The molecule has 2 N–H and O–H groups in total. The highest BCUT2D eigenvalue weighted by atomic mass is 35.5. The van der Waals surface area contributed by atoms with Gasteiger partial charge in [-0.15, -0.1) is 0 Å². The zero-order valence-corrected chi connectivity index (χ0v) is 12.9. The van der Waals surface area contributed by atoms with E-state index in [1.165, 1.54) is 18.2 Å². The highest BCUT2D eigenvalue weighted by molar-refractivity contribution is 6.31. The third-order valence-electron chi connectivity index (χ3n) is 2.76. The number of aromatic hydroxyl groups is 1. The lowest BCUT2D eigenvalue weighted by Gasteiger charge is -2.02. The van der Waals surface area contributed by atoms with Gasteiger partial charge < -0.3 is 5.11 Å². The molecule has 0 fully saturated rings. The summed E-state index contributed by atoms with van der Waals surface area (Å²) in [5.74, 6) is -1.10. The number of rotatable bonds is 4. The summed E-state index contributed by atoms with van der Waals surface area (Å²) < 4.78 is 0. The van der Waals surface area contributed by atoms with Crippen molar-refractivity contribution in [1.82, 2.24) is 5.43 Å². The maximum Gasteiger partial charge on any atom is 0.312 e. The molecule has 0 aromatic heterocycles. The molecule has 0 spiro atoms. The van der Waals surface area contributed by atoms with E-state index in [-0.39, 0.29) is 10.6 Å². The van der Waals surface area contributed by atoms with Crippen LogP contribution in [0, 0.1) is 10.1 Å². The van der Waals surface area contributed by atoms with Gasteiger partial charge in [0.25, 0.3) is 5.91 Å². The Morgan fingerprint density at radius 2 is 1.87 bits per heavy atom. The summed E-state index contributed by atoms with van der Waals surface area (Å²) in [7, 11) is 0. The van der Waals surface area contributed by atoms with Crippen molar-refractivity contribution in [2.75, 3.05) is 0 Å².